The summed E-state index contributed by atoms with van der Waals surface area (Å²) in [5, 5.41) is 22.8. The summed E-state index contributed by atoms with van der Waals surface area (Å²) in [5.74, 6) is 0.977. The van der Waals surface area contributed by atoms with E-state index in [-0.39, 0.29) is 24.1 Å². The van der Waals surface area contributed by atoms with Gasteiger partial charge in [0.15, 0.2) is 0 Å². The standard InChI is InChI=1S/C27H46N4O2S/c1-27(20-32)11-9-22(10-12-27)30-25(16-21-6-3-2-4-7-21)26(33)31-14-13-28-17-23(31)18-29-19-24-8-5-15-34-24/h5,8,15,21-23,25,28-30,32H,2-4,6-7,9-14,16-20H2,1H3/t22?,23-,25+,27?/m0/s1. The quantitative estimate of drug-likeness (QED) is 0.404. The van der Waals surface area contributed by atoms with Crippen LogP contribution in [-0.2, 0) is 11.3 Å². The van der Waals surface area contributed by atoms with Crippen LogP contribution in [0.25, 0.3) is 0 Å². The van der Waals surface area contributed by atoms with Crippen molar-refractivity contribution in [2.24, 2.45) is 11.3 Å². The minimum absolute atomic E-state index is 0.0545. The minimum Gasteiger partial charge on any atom is -0.396 e. The molecule has 0 aromatic carbocycles. The molecule has 2 heterocycles. The van der Waals surface area contributed by atoms with Crippen molar-refractivity contribution in [1.29, 1.82) is 0 Å². The van der Waals surface area contributed by atoms with E-state index < -0.39 is 0 Å². The van der Waals surface area contributed by atoms with Gasteiger partial charge in [-0.25, -0.2) is 0 Å². The Morgan fingerprint density at radius 3 is 2.76 bits per heavy atom. The van der Waals surface area contributed by atoms with Crippen molar-refractivity contribution in [1.82, 2.24) is 20.9 Å². The third-order valence-electron chi connectivity index (χ3n) is 8.50. The summed E-state index contributed by atoms with van der Waals surface area (Å²) in [7, 11) is 0. The maximum absolute atomic E-state index is 14.0. The molecule has 0 radical (unpaired) electrons. The highest BCUT2D eigenvalue weighted by Crippen LogP contribution is 2.36. The fraction of sp³-hybridized carbons (Fsp3) is 0.815. The van der Waals surface area contributed by atoms with Gasteiger partial charge in [-0.2, -0.15) is 0 Å². The van der Waals surface area contributed by atoms with Crippen LogP contribution in [0, 0.1) is 11.3 Å². The molecule has 0 unspecified atom stereocenters. The molecule has 6 nitrogen and oxygen atoms in total. The number of aliphatic hydroxyl groups is 1. The zero-order valence-corrected chi connectivity index (χ0v) is 21.9. The van der Waals surface area contributed by atoms with Gasteiger partial charge in [0.1, 0.15) is 0 Å². The minimum atomic E-state index is -0.0792. The van der Waals surface area contributed by atoms with Crippen LogP contribution in [0.1, 0.15) is 76.0 Å². The Bertz CT molecular complexity index is 729. The monoisotopic (exact) mass is 490 g/mol. The number of hydrogen-bond acceptors (Lipinski definition) is 6. The largest absolute Gasteiger partial charge is 0.396 e. The van der Waals surface area contributed by atoms with Crippen LogP contribution in [0.5, 0.6) is 0 Å². The summed E-state index contributed by atoms with van der Waals surface area (Å²) in [6.45, 7) is 6.68. The average Bonchev–Trinajstić information content (AvgIpc) is 3.39. The molecule has 2 saturated carbocycles. The van der Waals surface area contributed by atoms with E-state index in [1.165, 1.54) is 37.0 Å². The summed E-state index contributed by atoms with van der Waals surface area (Å²) in [4.78, 5) is 17.5. The Balaban J connectivity index is 1.38. The number of carbonyl (C=O) groups is 1. The number of amides is 1. The van der Waals surface area contributed by atoms with Crippen molar-refractivity contribution in [3.05, 3.63) is 22.4 Å². The average molecular weight is 491 g/mol. The number of thiophene rings is 1. The molecule has 192 valence electrons. The first-order valence-corrected chi connectivity index (χ1v) is 14.6. The van der Waals surface area contributed by atoms with Gasteiger partial charge in [-0.3, -0.25) is 4.79 Å². The number of rotatable bonds is 10. The molecule has 4 N–H and O–H groups in total. The van der Waals surface area contributed by atoms with Gasteiger partial charge in [-0.1, -0.05) is 45.1 Å². The number of piperazine rings is 1. The molecule has 1 saturated heterocycles. The molecule has 2 aliphatic carbocycles. The van der Waals surface area contributed by atoms with Gasteiger partial charge >= 0.3 is 0 Å². The molecule has 0 spiro atoms. The van der Waals surface area contributed by atoms with Crippen molar-refractivity contribution >= 4 is 17.2 Å². The maximum Gasteiger partial charge on any atom is 0.240 e. The van der Waals surface area contributed by atoms with Crippen LogP contribution >= 0.6 is 11.3 Å². The Labute approximate surface area is 210 Å². The van der Waals surface area contributed by atoms with Gasteiger partial charge in [-0.05, 0) is 54.9 Å². The smallest absolute Gasteiger partial charge is 0.240 e. The lowest BCUT2D eigenvalue weighted by molar-refractivity contribution is -0.137. The predicted molar refractivity (Wildman–Crippen MR) is 140 cm³/mol. The van der Waals surface area contributed by atoms with Gasteiger partial charge in [0.2, 0.25) is 5.91 Å². The Kier molecular flexibility index (Phi) is 9.83. The van der Waals surface area contributed by atoms with E-state index >= 15 is 0 Å². The summed E-state index contributed by atoms with van der Waals surface area (Å²) in [6, 6.07) is 4.76. The van der Waals surface area contributed by atoms with Crippen molar-refractivity contribution in [2.75, 3.05) is 32.8 Å². The Morgan fingerprint density at radius 2 is 2.06 bits per heavy atom. The highest BCUT2D eigenvalue weighted by Gasteiger charge is 2.36. The lowest BCUT2D eigenvalue weighted by Crippen LogP contribution is -2.61. The lowest BCUT2D eigenvalue weighted by Gasteiger charge is -2.42. The Morgan fingerprint density at radius 1 is 1.26 bits per heavy atom. The number of nitrogens with zero attached hydrogens (tertiary/aromatic N) is 1. The molecular formula is C27H46N4O2S. The fourth-order valence-electron chi connectivity index (χ4n) is 6.13. The zero-order chi connectivity index (χ0) is 23.8. The molecule has 7 heteroatoms. The highest BCUT2D eigenvalue weighted by molar-refractivity contribution is 7.09. The summed E-state index contributed by atoms with van der Waals surface area (Å²) in [6.07, 6.45) is 11.7. The second-order valence-electron chi connectivity index (χ2n) is 11.3. The van der Waals surface area contributed by atoms with Gasteiger partial charge in [0.25, 0.3) is 0 Å². The topological polar surface area (TPSA) is 76.6 Å². The maximum atomic E-state index is 14.0. The van der Waals surface area contributed by atoms with Crippen LogP contribution < -0.4 is 16.0 Å². The first-order chi connectivity index (χ1) is 16.6. The van der Waals surface area contributed by atoms with Crippen molar-refractivity contribution in [3.63, 3.8) is 0 Å². The fourth-order valence-corrected chi connectivity index (χ4v) is 6.80. The molecular weight excluding hydrogens is 444 g/mol. The summed E-state index contributed by atoms with van der Waals surface area (Å²) < 4.78 is 0. The van der Waals surface area contributed by atoms with Gasteiger partial charge in [0.05, 0.1) is 12.1 Å². The first-order valence-electron chi connectivity index (χ1n) is 13.7. The molecule has 1 aromatic heterocycles. The normalized spacial score (nSPS) is 29.8. The highest BCUT2D eigenvalue weighted by atomic mass is 32.1. The summed E-state index contributed by atoms with van der Waals surface area (Å²) in [5.41, 5.74) is 0.0545. The third-order valence-corrected chi connectivity index (χ3v) is 9.37. The van der Waals surface area contributed by atoms with Gasteiger partial charge in [0, 0.05) is 50.2 Å². The van der Waals surface area contributed by atoms with E-state index in [0.29, 0.717) is 17.9 Å². The molecule has 0 bridgehead atoms. The van der Waals surface area contributed by atoms with Crippen molar-refractivity contribution in [3.8, 4) is 0 Å². The zero-order valence-electron chi connectivity index (χ0n) is 21.1. The van der Waals surface area contributed by atoms with E-state index in [0.717, 1.165) is 64.8 Å². The SMILES string of the molecule is CC1(CO)CCC(N[C@H](CC2CCCCC2)C(=O)N2CCNC[C@H]2CNCc2cccs2)CC1. The second-order valence-corrected chi connectivity index (χ2v) is 12.3. The summed E-state index contributed by atoms with van der Waals surface area (Å²) >= 11 is 1.78. The number of nitrogens with one attached hydrogen (secondary N) is 3. The van der Waals surface area contributed by atoms with E-state index in [4.69, 9.17) is 0 Å². The van der Waals surface area contributed by atoms with E-state index in [9.17, 15) is 9.90 Å². The van der Waals surface area contributed by atoms with Crippen LogP contribution in [0.4, 0.5) is 0 Å². The molecule has 1 aromatic rings. The molecule has 1 aliphatic heterocycles. The second kappa shape index (κ2) is 12.8. The van der Waals surface area contributed by atoms with Crippen LogP contribution in [0.15, 0.2) is 17.5 Å². The molecule has 3 aliphatic rings. The van der Waals surface area contributed by atoms with Crippen molar-refractivity contribution in [2.45, 2.75) is 95.8 Å². The molecule has 3 fully saturated rings. The molecule has 2 atom stereocenters. The lowest BCUT2D eigenvalue weighted by atomic mass is 9.74. The molecule has 34 heavy (non-hydrogen) atoms. The molecule has 1 amide bonds. The van der Waals surface area contributed by atoms with Crippen LogP contribution in [0.3, 0.4) is 0 Å². The van der Waals surface area contributed by atoms with E-state index in [1.807, 2.05) is 0 Å². The Hall–Kier alpha value is -0.990. The van der Waals surface area contributed by atoms with Crippen molar-refractivity contribution < 1.29 is 9.90 Å². The van der Waals surface area contributed by atoms with Gasteiger partial charge in [-0.15, -0.1) is 11.3 Å². The number of hydrogen-bond donors (Lipinski definition) is 4. The van der Waals surface area contributed by atoms with Gasteiger partial charge < -0.3 is 26.0 Å². The van der Waals surface area contributed by atoms with E-state index in [1.54, 1.807) is 11.3 Å². The number of aliphatic hydroxyl groups excluding tert-OH is 1. The first kappa shape index (κ1) is 26.1. The predicted octanol–water partition coefficient (Wildman–Crippen LogP) is 3.51. The molecule has 4 rings (SSSR count). The van der Waals surface area contributed by atoms with Crippen LogP contribution in [0.2, 0.25) is 0 Å². The van der Waals surface area contributed by atoms with E-state index in [2.05, 4.69) is 45.3 Å². The van der Waals surface area contributed by atoms with Crippen LogP contribution in [-0.4, -0.2) is 66.8 Å². The third kappa shape index (κ3) is 7.26. The number of carbonyl (C=O) groups excluding carboxylic acids is 1.